The van der Waals surface area contributed by atoms with Crippen molar-refractivity contribution in [1.29, 1.82) is 0 Å². The summed E-state index contributed by atoms with van der Waals surface area (Å²) >= 11 is 15.2. The van der Waals surface area contributed by atoms with Crippen molar-refractivity contribution < 1.29 is 19.2 Å². The SMILES string of the molecule is O=C(Oc1ccc(Br)cc1/C=N\NC(=O)c1ccc(Cl)cc1Cl)c1ccc([N+](=O)[O-])cc1. The Hall–Kier alpha value is -3.27. The molecule has 3 aromatic carbocycles. The van der Waals surface area contributed by atoms with E-state index in [9.17, 15) is 19.7 Å². The van der Waals surface area contributed by atoms with E-state index in [4.69, 9.17) is 27.9 Å². The number of hydrogen-bond donors (Lipinski definition) is 1. The first kappa shape index (κ1) is 23.4. The third-order valence-corrected chi connectivity index (χ3v) is 5.07. The van der Waals surface area contributed by atoms with Crippen molar-refractivity contribution >= 4 is 62.9 Å². The summed E-state index contributed by atoms with van der Waals surface area (Å²) < 4.78 is 6.07. The highest BCUT2D eigenvalue weighted by atomic mass is 79.9. The highest BCUT2D eigenvalue weighted by molar-refractivity contribution is 9.10. The molecule has 0 heterocycles. The van der Waals surface area contributed by atoms with Crippen LogP contribution < -0.4 is 10.2 Å². The van der Waals surface area contributed by atoms with E-state index in [1.807, 2.05) is 0 Å². The molecular weight excluding hydrogens is 525 g/mol. The second kappa shape index (κ2) is 10.4. The molecule has 11 heteroatoms. The number of nitrogens with zero attached hydrogens (tertiary/aromatic N) is 2. The van der Waals surface area contributed by atoms with Gasteiger partial charge in [-0.3, -0.25) is 14.9 Å². The van der Waals surface area contributed by atoms with Gasteiger partial charge in [0.05, 0.1) is 27.3 Å². The number of hydrazone groups is 1. The zero-order valence-corrected chi connectivity index (χ0v) is 19.0. The summed E-state index contributed by atoms with van der Waals surface area (Å²) in [6.07, 6.45) is 1.30. The molecule has 3 aromatic rings. The Labute approximate surface area is 200 Å². The van der Waals surface area contributed by atoms with Crippen LogP contribution in [0.15, 0.2) is 70.2 Å². The van der Waals surface area contributed by atoms with E-state index in [0.717, 1.165) is 0 Å². The largest absolute Gasteiger partial charge is 0.422 e. The summed E-state index contributed by atoms with van der Waals surface area (Å²) in [6, 6.07) is 14.2. The van der Waals surface area contributed by atoms with Crippen LogP contribution >= 0.6 is 39.1 Å². The Bertz CT molecular complexity index is 1230. The van der Waals surface area contributed by atoms with Crippen LogP contribution in [0.5, 0.6) is 5.75 Å². The number of halogens is 3. The molecular formula is C21H12BrCl2N3O5. The fourth-order valence-corrected chi connectivity index (χ4v) is 3.36. The Kier molecular flexibility index (Phi) is 7.57. The topological polar surface area (TPSA) is 111 Å². The van der Waals surface area contributed by atoms with E-state index >= 15 is 0 Å². The lowest BCUT2D eigenvalue weighted by molar-refractivity contribution is -0.384. The van der Waals surface area contributed by atoms with Gasteiger partial charge >= 0.3 is 5.97 Å². The smallest absolute Gasteiger partial charge is 0.343 e. The third kappa shape index (κ3) is 5.91. The highest BCUT2D eigenvalue weighted by Gasteiger charge is 2.14. The number of rotatable bonds is 6. The molecule has 0 aliphatic carbocycles. The minimum atomic E-state index is -0.714. The molecule has 8 nitrogen and oxygen atoms in total. The second-order valence-electron chi connectivity index (χ2n) is 6.20. The van der Waals surface area contributed by atoms with E-state index in [0.29, 0.717) is 15.1 Å². The quantitative estimate of drug-likeness (QED) is 0.144. The van der Waals surface area contributed by atoms with Crippen LogP contribution in [0.25, 0.3) is 0 Å². The van der Waals surface area contributed by atoms with Crippen molar-refractivity contribution in [2.24, 2.45) is 5.10 Å². The fraction of sp³-hybridized carbons (Fsp3) is 0. The number of nitro groups is 1. The lowest BCUT2D eigenvalue weighted by Crippen LogP contribution is -2.18. The van der Waals surface area contributed by atoms with Gasteiger partial charge in [-0.05, 0) is 48.5 Å². The predicted octanol–water partition coefficient (Wildman–Crippen LogP) is 5.65. The van der Waals surface area contributed by atoms with Gasteiger partial charge in [-0.15, -0.1) is 0 Å². The maximum Gasteiger partial charge on any atom is 0.343 e. The van der Waals surface area contributed by atoms with Crippen LogP contribution in [0, 0.1) is 10.1 Å². The maximum atomic E-state index is 12.4. The Morgan fingerprint density at radius 1 is 1.06 bits per heavy atom. The predicted molar refractivity (Wildman–Crippen MR) is 124 cm³/mol. The summed E-state index contributed by atoms with van der Waals surface area (Å²) in [7, 11) is 0. The molecule has 0 aliphatic heterocycles. The van der Waals surface area contributed by atoms with Crippen LogP contribution in [0.4, 0.5) is 5.69 Å². The Morgan fingerprint density at radius 2 is 1.78 bits per heavy atom. The van der Waals surface area contributed by atoms with E-state index in [1.54, 1.807) is 12.1 Å². The molecule has 0 unspecified atom stereocenters. The lowest BCUT2D eigenvalue weighted by Gasteiger charge is -2.08. The molecule has 0 aliphatic rings. The number of nitro benzene ring substituents is 1. The van der Waals surface area contributed by atoms with Gasteiger partial charge in [-0.25, -0.2) is 10.2 Å². The maximum absolute atomic E-state index is 12.4. The molecule has 0 spiro atoms. The van der Waals surface area contributed by atoms with Gasteiger partial charge in [0.2, 0.25) is 0 Å². The van der Waals surface area contributed by atoms with Crippen LogP contribution in [-0.2, 0) is 0 Å². The van der Waals surface area contributed by atoms with E-state index < -0.39 is 16.8 Å². The fourth-order valence-electron chi connectivity index (χ4n) is 2.49. The summed E-state index contributed by atoms with van der Waals surface area (Å²) in [5.41, 5.74) is 2.90. The monoisotopic (exact) mass is 535 g/mol. The van der Waals surface area contributed by atoms with Gasteiger partial charge in [0, 0.05) is 27.2 Å². The van der Waals surface area contributed by atoms with E-state index in [-0.39, 0.29) is 27.6 Å². The van der Waals surface area contributed by atoms with Crippen molar-refractivity contribution in [3.8, 4) is 5.75 Å². The standard InChI is InChI=1S/C21H12BrCl2N3O5/c22-14-3-8-19(32-21(29)12-1-5-16(6-2-12)27(30)31)13(9-14)11-25-26-20(28)17-7-4-15(23)10-18(17)24/h1-11H,(H,26,28)/b25-11-. The molecule has 0 bridgehead atoms. The van der Waals surface area contributed by atoms with Gasteiger partial charge in [-0.1, -0.05) is 39.1 Å². The summed E-state index contributed by atoms with van der Waals surface area (Å²) in [4.78, 5) is 34.9. The van der Waals surface area contributed by atoms with Crippen molar-refractivity contribution in [2.75, 3.05) is 0 Å². The lowest BCUT2D eigenvalue weighted by atomic mass is 10.2. The number of hydrogen-bond acceptors (Lipinski definition) is 6. The van der Waals surface area contributed by atoms with Crippen molar-refractivity contribution in [2.45, 2.75) is 0 Å². The first-order valence-electron chi connectivity index (χ1n) is 8.79. The van der Waals surface area contributed by atoms with Crippen LogP contribution in [0.2, 0.25) is 10.0 Å². The summed E-state index contributed by atoms with van der Waals surface area (Å²) in [5, 5.41) is 15.2. The zero-order valence-electron chi connectivity index (χ0n) is 15.9. The number of amides is 1. The van der Waals surface area contributed by atoms with Crippen molar-refractivity contribution in [3.63, 3.8) is 0 Å². The molecule has 0 atom stereocenters. The number of non-ortho nitro benzene ring substituents is 1. The number of nitrogens with one attached hydrogen (secondary N) is 1. The summed E-state index contributed by atoms with van der Waals surface area (Å²) in [5.74, 6) is -1.10. The number of benzene rings is 3. The van der Waals surface area contributed by atoms with Gasteiger partial charge in [0.1, 0.15) is 5.75 Å². The number of carbonyl (C=O) groups excluding carboxylic acids is 2. The highest BCUT2D eigenvalue weighted by Crippen LogP contribution is 2.24. The van der Waals surface area contributed by atoms with Gasteiger partial charge in [0.25, 0.3) is 11.6 Å². The average molecular weight is 537 g/mol. The molecule has 32 heavy (non-hydrogen) atoms. The van der Waals surface area contributed by atoms with Gasteiger partial charge in [0.15, 0.2) is 0 Å². The third-order valence-electron chi connectivity index (χ3n) is 4.03. The number of carbonyl (C=O) groups is 2. The Balaban J connectivity index is 1.75. The van der Waals surface area contributed by atoms with Gasteiger partial charge < -0.3 is 4.74 Å². The molecule has 162 valence electrons. The molecule has 0 radical (unpaired) electrons. The normalized spacial score (nSPS) is 10.7. The van der Waals surface area contributed by atoms with Crippen molar-refractivity contribution in [3.05, 3.63) is 102 Å². The van der Waals surface area contributed by atoms with E-state index in [1.165, 1.54) is 54.7 Å². The molecule has 3 rings (SSSR count). The molecule has 0 fully saturated rings. The number of ether oxygens (including phenoxy) is 1. The van der Waals surface area contributed by atoms with Crippen LogP contribution in [0.3, 0.4) is 0 Å². The minimum absolute atomic E-state index is 0.132. The van der Waals surface area contributed by atoms with Crippen LogP contribution in [0.1, 0.15) is 26.3 Å². The summed E-state index contributed by atoms with van der Waals surface area (Å²) in [6.45, 7) is 0. The zero-order chi connectivity index (χ0) is 23.3. The second-order valence-corrected chi connectivity index (χ2v) is 7.96. The van der Waals surface area contributed by atoms with E-state index in [2.05, 4.69) is 26.5 Å². The molecule has 1 N–H and O–H groups in total. The first-order chi connectivity index (χ1) is 15.2. The minimum Gasteiger partial charge on any atom is -0.422 e. The average Bonchev–Trinajstić information content (AvgIpc) is 2.75. The molecule has 0 saturated heterocycles. The van der Waals surface area contributed by atoms with Crippen LogP contribution in [-0.4, -0.2) is 23.0 Å². The van der Waals surface area contributed by atoms with Gasteiger partial charge in [-0.2, -0.15) is 5.10 Å². The molecule has 1 amide bonds. The van der Waals surface area contributed by atoms with Crippen molar-refractivity contribution in [1.82, 2.24) is 5.43 Å². The molecule has 0 aromatic heterocycles. The number of esters is 1. The Morgan fingerprint density at radius 3 is 2.44 bits per heavy atom. The first-order valence-corrected chi connectivity index (χ1v) is 10.3. The molecule has 0 saturated carbocycles.